The lowest BCUT2D eigenvalue weighted by Crippen LogP contribution is -2.11. The highest BCUT2D eigenvalue weighted by Crippen LogP contribution is 2.22. The van der Waals surface area contributed by atoms with E-state index in [2.05, 4.69) is 22.0 Å². The minimum absolute atomic E-state index is 0.0221. The molecular formula is C14H17N3. The van der Waals surface area contributed by atoms with Gasteiger partial charge in [-0.15, -0.1) is 0 Å². The lowest BCUT2D eigenvalue weighted by atomic mass is 10.2. The lowest BCUT2D eigenvalue weighted by molar-refractivity contribution is 0.781. The predicted octanol–water partition coefficient (Wildman–Crippen LogP) is 2.87. The van der Waals surface area contributed by atoms with Crippen LogP contribution in [0.3, 0.4) is 0 Å². The van der Waals surface area contributed by atoms with Gasteiger partial charge in [0.1, 0.15) is 0 Å². The van der Waals surface area contributed by atoms with Crippen molar-refractivity contribution in [2.45, 2.75) is 13.0 Å². The van der Waals surface area contributed by atoms with Crippen LogP contribution in [-0.4, -0.2) is 12.0 Å². The molecule has 17 heavy (non-hydrogen) atoms. The van der Waals surface area contributed by atoms with Crippen LogP contribution in [0.5, 0.6) is 0 Å². The number of pyridine rings is 1. The molecule has 2 aromatic rings. The average Bonchev–Trinajstić information content (AvgIpc) is 2.39. The summed E-state index contributed by atoms with van der Waals surface area (Å²) in [5.74, 6) is 0. The van der Waals surface area contributed by atoms with E-state index in [0.717, 1.165) is 17.1 Å². The zero-order valence-corrected chi connectivity index (χ0v) is 10.2. The second kappa shape index (κ2) is 4.97. The fourth-order valence-corrected chi connectivity index (χ4v) is 1.67. The number of anilines is 2. The normalized spacial score (nSPS) is 12.2. The van der Waals surface area contributed by atoms with Gasteiger partial charge in [-0.1, -0.05) is 18.2 Å². The maximum atomic E-state index is 5.77. The minimum atomic E-state index is -0.0221. The molecule has 0 bridgehead atoms. The standard InChI is InChI=1S/C14H17N3/c1-11(15)14-9-8-13(10-16-14)17(2)12-6-4-3-5-7-12/h3-11H,15H2,1-2H3/t11-/m0/s1. The number of nitrogens with zero attached hydrogens (tertiary/aromatic N) is 2. The van der Waals surface area contributed by atoms with Crippen molar-refractivity contribution in [2.75, 3.05) is 11.9 Å². The highest BCUT2D eigenvalue weighted by Gasteiger charge is 2.05. The fraction of sp³-hybridized carbons (Fsp3) is 0.214. The quantitative estimate of drug-likeness (QED) is 0.876. The second-order valence-corrected chi connectivity index (χ2v) is 4.12. The van der Waals surface area contributed by atoms with Crippen LogP contribution in [0, 0.1) is 0 Å². The molecule has 88 valence electrons. The fourth-order valence-electron chi connectivity index (χ4n) is 1.67. The smallest absolute Gasteiger partial charge is 0.0594 e. The monoisotopic (exact) mass is 227 g/mol. The number of hydrogen-bond donors (Lipinski definition) is 1. The number of nitrogens with two attached hydrogens (primary N) is 1. The van der Waals surface area contributed by atoms with E-state index in [4.69, 9.17) is 5.73 Å². The molecule has 2 N–H and O–H groups in total. The number of hydrogen-bond acceptors (Lipinski definition) is 3. The first-order valence-corrected chi connectivity index (χ1v) is 5.69. The van der Waals surface area contributed by atoms with Gasteiger partial charge < -0.3 is 10.6 Å². The lowest BCUT2D eigenvalue weighted by Gasteiger charge is -2.19. The van der Waals surface area contributed by atoms with Gasteiger partial charge in [0.05, 0.1) is 17.6 Å². The van der Waals surface area contributed by atoms with Gasteiger partial charge in [-0.2, -0.15) is 0 Å². The molecule has 1 atom stereocenters. The number of aromatic nitrogens is 1. The van der Waals surface area contributed by atoms with E-state index in [0.29, 0.717) is 0 Å². The first kappa shape index (κ1) is 11.6. The van der Waals surface area contributed by atoms with Gasteiger partial charge >= 0.3 is 0 Å². The van der Waals surface area contributed by atoms with Crippen LogP contribution >= 0.6 is 0 Å². The average molecular weight is 227 g/mol. The maximum absolute atomic E-state index is 5.77. The molecular weight excluding hydrogens is 210 g/mol. The summed E-state index contributed by atoms with van der Waals surface area (Å²) < 4.78 is 0. The molecule has 0 aliphatic rings. The third-order valence-electron chi connectivity index (χ3n) is 2.77. The van der Waals surface area contributed by atoms with Gasteiger partial charge in [-0.25, -0.2) is 0 Å². The van der Waals surface area contributed by atoms with Crippen molar-refractivity contribution in [2.24, 2.45) is 5.73 Å². The van der Waals surface area contributed by atoms with E-state index in [-0.39, 0.29) is 6.04 Å². The highest BCUT2D eigenvalue weighted by molar-refractivity contribution is 5.61. The molecule has 0 aliphatic heterocycles. The van der Waals surface area contributed by atoms with E-state index in [1.165, 1.54) is 0 Å². The molecule has 2 rings (SSSR count). The molecule has 0 aliphatic carbocycles. The molecule has 0 unspecified atom stereocenters. The van der Waals surface area contributed by atoms with Crippen LogP contribution in [0.2, 0.25) is 0 Å². The van der Waals surface area contributed by atoms with Crippen LogP contribution in [0.4, 0.5) is 11.4 Å². The molecule has 0 saturated heterocycles. The second-order valence-electron chi connectivity index (χ2n) is 4.12. The van der Waals surface area contributed by atoms with E-state index < -0.39 is 0 Å². The molecule has 1 aromatic heterocycles. The first-order chi connectivity index (χ1) is 8.18. The summed E-state index contributed by atoms with van der Waals surface area (Å²) in [5, 5.41) is 0. The van der Waals surface area contributed by atoms with Crippen LogP contribution in [0.1, 0.15) is 18.7 Å². The van der Waals surface area contributed by atoms with Crippen LogP contribution in [0.15, 0.2) is 48.7 Å². The van der Waals surface area contributed by atoms with Gasteiger partial charge in [0.15, 0.2) is 0 Å². The van der Waals surface area contributed by atoms with Crippen LogP contribution in [0.25, 0.3) is 0 Å². The Bertz CT molecular complexity index is 463. The third kappa shape index (κ3) is 2.63. The SMILES string of the molecule is C[C@H](N)c1ccc(N(C)c2ccccc2)cn1. The largest absolute Gasteiger partial charge is 0.343 e. The van der Waals surface area contributed by atoms with E-state index in [1.807, 2.05) is 50.5 Å². The van der Waals surface area contributed by atoms with Crippen molar-refractivity contribution in [3.8, 4) is 0 Å². The van der Waals surface area contributed by atoms with Crippen molar-refractivity contribution in [1.29, 1.82) is 0 Å². The Kier molecular flexibility index (Phi) is 3.40. The summed E-state index contributed by atoms with van der Waals surface area (Å²) in [5.41, 5.74) is 8.88. The Hall–Kier alpha value is -1.87. The molecule has 1 heterocycles. The summed E-state index contributed by atoms with van der Waals surface area (Å²) in [6.07, 6.45) is 1.85. The summed E-state index contributed by atoms with van der Waals surface area (Å²) in [7, 11) is 2.03. The molecule has 3 heteroatoms. The van der Waals surface area contributed by atoms with Crippen molar-refractivity contribution in [3.05, 3.63) is 54.4 Å². The van der Waals surface area contributed by atoms with Gasteiger partial charge in [0.25, 0.3) is 0 Å². The van der Waals surface area contributed by atoms with Crippen molar-refractivity contribution in [3.63, 3.8) is 0 Å². The number of para-hydroxylation sites is 1. The van der Waals surface area contributed by atoms with E-state index in [1.54, 1.807) is 0 Å². The maximum Gasteiger partial charge on any atom is 0.0594 e. The highest BCUT2D eigenvalue weighted by atomic mass is 15.1. The van der Waals surface area contributed by atoms with Crippen molar-refractivity contribution < 1.29 is 0 Å². The van der Waals surface area contributed by atoms with Gasteiger partial charge in [0.2, 0.25) is 0 Å². The van der Waals surface area contributed by atoms with Crippen LogP contribution in [-0.2, 0) is 0 Å². The van der Waals surface area contributed by atoms with Gasteiger partial charge in [0, 0.05) is 18.8 Å². The zero-order valence-electron chi connectivity index (χ0n) is 10.2. The summed E-state index contributed by atoms with van der Waals surface area (Å²) in [6, 6.07) is 14.2. The Labute approximate surface area is 102 Å². The minimum Gasteiger partial charge on any atom is -0.343 e. The topological polar surface area (TPSA) is 42.1 Å². The molecule has 0 saturated carbocycles. The van der Waals surface area contributed by atoms with Crippen molar-refractivity contribution in [1.82, 2.24) is 4.98 Å². The summed E-state index contributed by atoms with van der Waals surface area (Å²) >= 11 is 0. The van der Waals surface area contributed by atoms with E-state index in [9.17, 15) is 0 Å². The summed E-state index contributed by atoms with van der Waals surface area (Å²) in [4.78, 5) is 6.45. The van der Waals surface area contributed by atoms with Crippen molar-refractivity contribution >= 4 is 11.4 Å². The summed E-state index contributed by atoms with van der Waals surface area (Å²) in [6.45, 7) is 1.93. The Morgan fingerprint density at radius 3 is 2.29 bits per heavy atom. The molecule has 0 fully saturated rings. The van der Waals surface area contributed by atoms with Gasteiger partial charge in [-0.3, -0.25) is 4.98 Å². The molecule has 0 spiro atoms. The molecule has 1 aromatic carbocycles. The van der Waals surface area contributed by atoms with E-state index >= 15 is 0 Å². The molecule has 0 radical (unpaired) electrons. The van der Waals surface area contributed by atoms with Gasteiger partial charge in [-0.05, 0) is 31.2 Å². The van der Waals surface area contributed by atoms with Crippen LogP contribution < -0.4 is 10.6 Å². The molecule has 3 nitrogen and oxygen atoms in total. The Balaban J connectivity index is 2.23. The number of rotatable bonds is 3. The Morgan fingerprint density at radius 2 is 1.76 bits per heavy atom. The third-order valence-corrected chi connectivity index (χ3v) is 2.77. The molecule has 0 amide bonds. The predicted molar refractivity (Wildman–Crippen MR) is 71.3 cm³/mol. The first-order valence-electron chi connectivity index (χ1n) is 5.69. The Morgan fingerprint density at radius 1 is 1.06 bits per heavy atom. The zero-order chi connectivity index (χ0) is 12.3. The number of benzene rings is 1.